The van der Waals surface area contributed by atoms with Crippen LogP contribution in [0.4, 0.5) is 4.39 Å². The molecule has 0 unspecified atom stereocenters. The third kappa shape index (κ3) is 4.57. The maximum Gasteiger partial charge on any atom is 0.123 e. The Kier molecular flexibility index (Phi) is 5.34. The molecular weight excluding hydrogens is 265 g/mol. The first-order valence-corrected chi connectivity index (χ1v) is 7.27. The summed E-state index contributed by atoms with van der Waals surface area (Å²) in [5.41, 5.74) is 9.09. The number of rotatable bonds is 6. The number of nitrogens with two attached hydrogens (primary N) is 1. The summed E-state index contributed by atoms with van der Waals surface area (Å²) in [6.07, 6.45) is 0.728. The molecule has 0 radical (unpaired) electrons. The Morgan fingerprint density at radius 2 is 1.76 bits per heavy atom. The van der Waals surface area contributed by atoms with E-state index in [4.69, 9.17) is 10.5 Å². The predicted octanol–water partition coefficient (Wildman–Crippen LogP) is 3.91. The van der Waals surface area contributed by atoms with Gasteiger partial charge in [0.15, 0.2) is 0 Å². The van der Waals surface area contributed by atoms with Crippen molar-refractivity contribution in [3.05, 3.63) is 65.0 Å². The van der Waals surface area contributed by atoms with Crippen molar-refractivity contribution in [3.8, 4) is 5.75 Å². The average Bonchev–Trinajstić information content (AvgIpc) is 2.48. The number of benzene rings is 2. The zero-order valence-electron chi connectivity index (χ0n) is 12.6. The van der Waals surface area contributed by atoms with Crippen LogP contribution >= 0.6 is 0 Å². The van der Waals surface area contributed by atoms with Crippen LogP contribution in [0.25, 0.3) is 0 Å². The minimum Gasteiger partial charge on any atom is -0.493 e. The van der Waals surface area contributed by atoms with E-state index < -0.39 is 0 Å². The lowest BCUT2D eigenvalue weighted by Gasteiger charge is -2.13. The number of hydrogen-bond acceptors (Lipinski definition) is 2. The van der Waals surface area contributed by atoms with E-state index >= 15 is 0 Å². The van der Waals surface area contributed by atoms with Gasteiger partial charge in [-0.3, -0.25) is 0 Å². The van der Waals surface area contributed by atoms with Gasteiger partial charge in [0.2, 0.25) is 0 Å². The van der Waals surface area contributed by atoms with Crippen LogP contribution in [0.15, 0.2) is 42.5 Å². The van der Waals surface area contributed by atoms with Crippen LogP contribution in [0.3, 0.4) is 0 Å². The summed E-state index contributed by atoms with van der Waals surface area (Å²) in [7, 11) is 0. The Balaban J connectivity index is 2.19. The van der Waals surface area contributed by atoms with Crippen LogP contribution in [0.1, 0.15) is 30.5 Å². The lowest BCUT2D eigenvalue weighted by atomic mass is 9.99. The standard InChI is InChI=1S/C18H22FNO/c1-13(2)12-21-18-8-5-15(11-20)16(10-18)9-14-3-6-17(19)7-4-14/h3-8,10,13H,9,11-12,20H2,1-2H3. The highest BCUT2D eigenvalue weighted by atomic mass is 19.1. The predicted molar refractivity (Wildman–Crippen MR) is 83.9 cm³/mol. The van der Waals surface area contributed by atoms with E-state index in [2.05, 4.69) is 13.8 Å². The maximum absolute atomic E-state index is 13.0. The molecule has 0 atom stereocenters. The fraction of sp³-hybridized carbons (Fsp3) is 0.333. The van der Waals surface area contributed by atoms with E-state index in [0.717, 1.165) is 28.9 Å². The first kappa shape index (κ1) is 15.5. The van der Waals surface area contributed by atoms with E-state index in [0.29, 0.717) is 19.1 Å². The summed E-state index contributed by atoms with van der Waals surface area (Å²) < 4.78 is 18.7. The smallest absolute Gasteiger partial charge is 0.123 e. The molecular formula is C18H22FNO. The normalized spacial score (nSPS) is 10.9. The lowest BCUT2D eigenvalue weighted by molar-refractivity contribution is 0.271. The molecule has 2 nitrogen and oxygen atoms in total. The fourth-order valence-electron chi connectivity index (χ4n) is 2.14. The topological polar surface area (TPSA) is 35.2 Å². The molecule has 2 aromatic carbocycles. The molecule has 0 aliphatic carbocycles. The van der Waals surface area contributed by atoms with Gasteiger partial charge in [-0.25, -0.2) is 4.39 Å². The van der Waals surface area contributed by atoms with Crippen LogP contribution in [0, 0.1) is 11.7 Å². The van der Waals surface area contributed by atoms with Gasteiger partial charge in [-0.05, 0) is 53.3 Å². The molecule has 0 saturated heterocycles. The maximum atomic E-state index is 13.0. The zero-order chi connectivity index (χ0) is 15.2. The summed E-state index contributed by atoms with van der Waals surface area (Å²) in [5, 5.41) is 0. The van der Waals surface area contributed by atoms with Gasteiger partial charge in [-0.2, -0.15) is 0 Å². The van der Waals surface area contributed by atoms with E-state index in [1.165, 1.54) is 12.1 Å². The van der Waals surface area contributed by atoms with Gasteiger partial charge < -0.3 is 10.5 Å². The van der Waals surface area contributed by atoms with E-state index in [9.17, 15) is 4.39 Å². The van der Waals surface area contributed by atoms with E-state index in [-0.39, 0.29) is 5.82 Å². The van der Waals surface area contributed by atoms with Gasteiger partial charge in [-0.15, -0.1) is 0 Å². The summed E-state index contributed by atoms with van der Waals surface area (Å²) in [5.74, 6) is 1.13. The molecule has 2 aromatic rings. The minimum atomic E-state index is -0.216. The molecule has 0 aliphatic rings. The molecule has 0 heterocycles. The van der Waals surface area contributed by atoms with Crippen LogP contribution in [0.2, 0.25) is 0 Å². The number of halogens is 1. The van der Waals surface area contributed by atoms with Crippen LogP contribution in [0.5, 0.6) is 5.75 Å². The van der Waals surface area contributed by atoms with Gasteiger partial charge in [0.05, 0.1) is 6.61 Å². The van der Waals surface area contributed by atoms with Gasteiger partial charge in [0, 0.05) is 6.54 Å². The summed E-state index contributed by atoms with van der Waals surface area (Å²) in [6.45, 7) is 5.42. The first-order chi connectivity index (χ1) is 10.1. The second-order valence-corrected chi connectivity index (χ2v) is 5.64. The Hall–Kier alpha value is -1.87. The van der Waals surface area contributed by atoms with Crippen molar-refractivity contribution in [2.24, 2.45) is 11.7 Å². The average molecular weight is 287 g/mol. The highest BCUT2D eigenvalue weighted by Gasteiger charge is 2.06. The third-order valence-corrected chi connectivity index (χ3v) is 3.29. The molecule has 112 valence electrons. The third-order valence-electron chi connectivity index (χ3n) is 3.29. The second-order valence-electron chi connectivity index (χ2n) is 5.64. The fourth-order valence-corrected chi connectivity index (χ4v) is 2.14. The molecule has 0 saturated carbocycles. The van der Waals surface area contributed by atoms with Crippen molar-refractivity contribution in [2.45, 2.75) is 26.8 Å². The van der Waals surface area contributed by atoms with Crippen LogP contribution < -0.4 is 10.5 Å². The van der Waals surface area contributed by atoms with Crippen molar-refractivity contribution >= 4 is 0 Å². The quantitative estimate of drug-likeness (QED) is 0.874. The Bertz CT molecular complexity index is 578. The number of hydrogen-bond donors (Lipinski definition) is 1. The SMILES string of the molecule is CC(C)COc1ccc(CN)c(Cc2ccc(F)cc2)c1. The molecule has 3 heteroatoms. The van der Waals surface area contributed by atoms with Crippen LogP contribution in [-0.2, 0) is 13.0 Å². The molecule has 0 aromatic heterocycles. The lowest BCUT2D eigenvalue weighted by Crippen LogP contribution is -2.07. The largest absolute Gasteiger partial charge is 0.493 e. The Morgan fingerprint density at radius 3 is 2.38 bits per heavy atom. The monoisotopic (exact) mass is 287 g/mol. The number of ether oxygens (including phenoxy) is 1. The molecule has 0 fully saturated rings. The molecule has 0 bridgehead atoms. The minimum absolute atomic E-state index is 0.216. The zero-order valence-corrected chi connectivity index (χ0v) is 12.6. The molecule has 21 heavy (non-hydrogen) atoms. The van der Waals surface area contributed by atoms with E-state index in [1.807, 2.05) is 18.2 Å². The van der Waals surface area contributed by atoms with Crippen molar-refractivity contribution in [2.75, 3.05) is 6.61 Å². The van der Waals surface area contributed by atoms with Gasteiger partial charge in [-0.1, -0.05) is 32.0 Å². The first-order valence-electron chi connectivity index (χ1n) is 7.27. The van der Waals surface area contributed by atoms with Gasteiger partial charge in [0.25, 0.3) is 0 Å². The molecule has 2 N–H and O–H groups in total. The Labute approximate surface area is 125 Å². The molecule has 0 aliphatic heterocycles. The van der Waals surface area contributed by atoms with Gasteiger partial charge >= 0.3 is 0 Å². The van der Waals surface area contributed by atoms with E-state index in [1.54, 1.807) is 12.1 Å². The van der Waals surface area contributed by atoms with Gasteiger partial charge in [0.1, 0.15) is 11.6 Å². The summed E-state index contributed by atoms with van der Waals surface area (Å²) in [4.78, 5) is 0. The molecule has 0 spiro atoms. The summed E-state index contributed by atoms with van der Waals surface area (Å²) >= 11 is 0. The van der Waals surface area contributed by atoms with Crippen LogP contribution in [-0.4, -0.2) is 6.61 Å². The highest BCUT2D eigenvalue weighted by Crippen LogP contribution is 2.21. The molecule has 0 amide bonds. The van der Waals surface area contributed by atoms with Crippen molar-refractivity contribution in [3.63, 3.8) is 0 Å². The molecule has 2 rings (SSSR count). The van der Waals surface area contributed by atoms with Crippen molar-refractivity contribution < 1.29 is 9.13 Å². The van der Waals surface area contributed by atoms with Crippen molar-refractivity contribution in [1.82, 2.24) is 0 Å². The highest BCUT2D eigenvalue weighted by molar-refractivity contribution is 5.39. The second kappa shape index (κ2) is 7.23. The Morgan fingerprint density at radius 1 is 1.05 bits per heavy atom. The van der Waals surface area contributed by atoms with Crippen molar-refractivity contribution in [1.29, 1.82) is 0 Å². The summed E-state index contributed by atoms with van der Waals surface area (Å²) in [6, 6.07) is 12.6.